The van der Waals surface area contributed by atoms with E-state index >= 15 is 0 Å². The summed E-state index contributed by atoms with van der Waals surface area (Å²) in [5, 5.41) is 13.6. The van der Waals surface area contributed by atoms with Crippen LogP contribution in [0.1, 0.15) is 11.4 Å². The average Bonchev–Trinajstić information content (AvgIpc) is 2.31. The number of methoxy groups -OCH3 is 1. The van der Waals surface area contributed by atoms with Crippen molar-refractivity contribution in [3.63, 3.8) is 0 Å². The lowest BCUT2D eigenvalue weighted by atomic mass is 10.4. The van der Waals surface area contributed by atoms with Gasteiger partial charge in [-0.15, -0.1) is 0 Å². The quantitative estimate of drug-likeness (QED) is 0.414. The molecular formula is C12H21N3O2S. The largest absolute Gasteiger partial charge is 0.391 e. The standard InChI is InChI=1S/C12H21N3O2S/c1-9-6-10(2)15-12(14-9)18-8-11(16)7-13-4-5-17-3/h6,11,13,16H,4-5,7-8H2,1-3H3. The summed E-state index contributed by atoms with van der Waals surface area (Å²) in [6, 6.07) is 1.94. The van der Waals surface area contributed by atoms with E-state index in [0.717, 1.165) is 23.1 Å². The lowest BCUT2D eigenvalue weighted by Crippen LogP contribution is -2.30. The first-order chi connectivity index (χ1) is 8.61. The lowest BCUT2D eigenvalue weighted by molar-refractivity contribution is 0.175. The molecule has 0 fully saturated rings. The number of nitrogens with one attached hydrogen (secondary N) is 1. The van der Waals surface area contributed by atoms with E-state index in [-0.39, 0.29) is 0 Å². The smallest absolute Gasteiger partial charge is 0.188 e. The van der Waals surface area contributed by atoms with Gasteiger partial charge in [0.15, 0.2) is 5.16 Å². The van der Waals surface area contributed by atoms with Gasteiger partial charge in [0.1, 0.15) is 0 Å². The Balaban J connectivity index is 2.26. The third-order valence-electron chi connectivity index (χ3n) is 2.23. The molecule has 0 aliphatic heterocycles. The van der Waals surface area contributed by atoms with Crippen LogP contribution < -0.4 is 5.32 Å². The molecule has 18 heavy (non-hydrogen) atoms. The van der Waals surface area contributed by atoms with Gasteiger partial charge in [-0.05, 0) is 19.9 Å². The van der Waals surface area contributed by atoms with E-state index in [4.69, 9.17) is 4.74 Å². The second-order valence-electron chi connectivity index (χ2n) is 4.10. The van der Waals surface area contributed by atoms with E-state index in [9.17, 15) is 5.11 Å². The lowest BCUT2D eigenvalue weighted by Gasteiger charge is -2.11. The summed E-state index contributed by atoms with van der Waals surface area (Å²) < 4.78 is 4.91. The Labute approximate surface area is 112 Å². The van der Waals surface area contributed by atoms with Crippen molar-refractivity contribution in [1.29, 1.82) is 0 Å². The fourth-order valence-corrected chi connectivity index (χ4v) is 2.31. The minimum atomic E-state index is -0.406. The number of rotatable bonds is 8. The summed E-state index contributed by atoms with van der Waals surface area (Å²) in [5.74, 6) is 0.586. The van der Waals surface area contributed by atoms with Crippen LogP contribution in [-0.4, -0.2) is 53.7 Å². The highest BCUT2D eigenvalue weighted by molar-refractivity contribution is 7.99. The highest BCUT2D eigenvalue weighted by Crippen LogP contribution is 2.14. The van der Waals surface area contributed by atoms with Gasteiger partial charge < -0.3 is 15.2 Å². The van der Waals surface area contributed by atoms with Gasteiger partial charge in [0.05, 0.1) is 12.7 Å². The van der Waals surface area contributed by atoms with E-state index in [1.807, 2.05) is 19.9 Å². The number of nitrogens with zero attached hydrogens (tertiary/aromatic N) is 2. The van der Waals surface area contributed by atoms with Crippen LogP contribution in [0.2, 0.25) is 0 Å². The van der Waals surface area contributed by atoms with Crippen LogP contribution in [0.25, 0.3) is 0 Å². The first-order valence-corrected chi connectivity index (χ1v) is 6.93. The molecule has 0 aliphatic carbocycles. The van der Waals surface area contributed by atoms with E-state index < -0.39 is 6.10 Å². The van der Waals surface area contributed by atoms with Crippen molar-refractivity contribution >= 4 is 11.8 Å². The van der Waals surface area contributed by atoms with Crippen LogP contribution in [0.5, 0.6) is 0 Å². The molecule has 0 saturated heterocycles. The Bertz CT molecular complexity index is 343. The molecule has 0 aliphatic rings. The Morgan fingerprint density at radius 1 is 1.39 bits per heavy atom. The minimum absolute atomic E-state index is 0.406. The predicted octanol–water partition coefficient (Wildman–Crippen LogP) is 0.782. The van der Waals surface area contributed by atoms with Crippen LogP contribution in [0.4, 0.5) is 0 Å². The van der Waals surface area contributed by atoms with E-state index in [1.54, 1.807) is 7.11 Å². The molecule has 2 N–H and O–H groups in total. The van der Waals surface area contributed by atoms with Gasteiger partial charge in [0.25, 0.3) is 0 Å². The number of hydrogen-bond acceptors (Lipinski definition) is 6. The Hall–Kier alpha value is -0.690. The zero-order chi connectivity index (χ0) is 13.4. The normalized spacial score (nSPS) is 12.7. The maximum atomic E-state index is 9.77. The molecule has 1 heterocycles. The molecular weight excluding hydrogens is 250 g/mol. The SMILES string of the molecule is COCCNCC(O)CSc1nc(C)cc(C)n1. The first kappa shape index (κ1) is 15.4. The Kier molecular flexibility index (Phi) is 7.19. The van der Waals surface area contributed by atoms with Crippen molar-refractivity contribution in [2.75, 3.05) is 32.6 Å². The highest BCUT2D eigenvalue weighted by Gasteiger charge is 2.07. The number of ether oxygens (including phenoxy) is 1. The zero-order valence-corrected chi connectivity index (χ0v) is 12.0. The van der Waals surface area contributed by atoms with Crippen LogP contribution >= 0.6 is 11.8 Å². The fourth-order valence-electron chi connectivity index (χ4n) is 1.43. The topological polar surface area (TPSA) is 67.3 Å². The third-order valence-corrected chi connectivity index (χ3v) is 3.22. The van der Waals surface area contributed by atoms with Crippen LogP contribution in [0.3, 0.4) is 0 Å². The van der Waals surface area contributed by atoms with Gasteiger partial charge in [-0.3, -0.25) is 0 Å². The fraction of sp³-hybridized carbons (Fsp3) is 0.667. The average molecular weight is 271 g/mol. The van der Waals surface area contributed by atoms with E-state index in [0.29, 0.717) is 18.9 Å². The number of hydrogen-bond donors (Lipinski definition) is 2. The molecule has 0 spiro atoms. The number of aliphatic hydroxyl groups excluding tert-OH is 1. The molecule has 6 heteroatoms. The summed E-state index contributed by atoms with van der Waals surface area (Å²) in [6.07, 6.45) is -0.406. The molecule has 0 aromatic carbocycles. The van der Waals surface area contributed by atoms with Crippen LogP contribution in [0.15, 0.2) is 11.2 Å². The molecule has 0 saturated carbocycles. The second-order valence-corrected chi connectivity index (χ2v) is 5.08. The maximum Gasteiger partial charge on any atom is 0.188 e. The molecule has 1 atom stereocenters. The number of aliphatic hydroxyl groups is 1. The molecule has 1 aromatic heterocycles. The van der Waals surface area contributed by atoms with Crippen LogP contribution in [-0.2, 0) is 4.74 Å². The Morgan fingerprint density at radius 3 is 2.67 bits per heavy atom. The van der Waals surface area contributed by atoms with Crippen molar-refractivity contribution in [2.45, 2.75) is 25.1 Å². The minimum Gasteiger partial charge on any atom is -0.391 e. The van der Waals surface area contributed by atoms with Crippen molar-refractivity contribution in [1.82, 2.24) is 15.3 Å². The van der Waals surface area contributed by atoms with Crippen molar-refractivity contribution < 1.29 is 9.84 Å². The van der Waals surface area contributed by atoms with Crippen molar-refractivity contribution in [3.8, 4) is 0 Å². The third kappa shape index (κ3) is 6.30. The molecule has 1 unspecified atom stereocenters. The Morgan fingerprint density at radius 2 is 2.06 bits per heavy atom. The van der Waals surface area contributed by atoms with Gasteiger partial charge in [0.2, 0.25) is 0 Å². The molecule has 0 bridgehead atoms. The van der Waals surface area contributed by atoms with Gasteiger partial charge in [0, 0.05) is 37.3 Å². The number of aryl methyl sites for hydroxylation is 2. The summed E-state index contributed by atoms with van der Waals surface area (Å²) in [4.78, 5) is 8.63. The second kappa shape index (κ2) is 8.42. The van der Waals surface area contributed by atoms with E-state index in [1.165, 1.54) is 11.8 Å². The maximum absolute atomic E-state index is 9.77. The highest BCUT2D eigenvalue weighted by atomic mass is 32.2. The molecule has 0 amide bonds. The molecule has 0 radical (unpaired) electrons. The molecule has 1 rings (SSSR count). The monoisotopic (exact) mass is 271 g/mol. The van der Waals surface area contributed by atoms with Gasteiger partial charge in [-0.2, -0.15) is 0 Å². The van der Waals surface area contributed by atoms with Gasteiger partial charge >= 0.3 is 0 Å². The molecule has 1 aromatic rings. The van der Waals surface area contributed by atoms with Crippen LogP contribution in [0, 0.1) is 13.8 Å². The summed E-state index contributed by atoms with van der Waals surface area (Å²) in [6.45, 7) is 5.85. The van der Waals surface area contributed by atoms with Crippen molar-refractivity contribution in [2.24, 2.45) is 0 Å². The van der Waals surface area contributed by atoms with Gasteiger partial charge in [-0.1, -0.05) is 11.8 Å². The molecule has 102 valence electrons. The summed E-state index contributed by atoms with van der Waals surface area (Å²) >= 11 is 1.48. The predicted molar refractivity (Wildman–Crippen MR) is 73.0 cm³/mol. The van der Waals surface area contributed by atoms with Gasteiger partial charge in [-0.25, -0.2) is 9.97 Å². The summed E-state index contributed by atoms with van der Waals surface area (Å²) in [7, 11) is 1.66. The summed E-state index contributed by atoms with van der Waals surface area (Å²) in [5.41, 5.74) is 1.91. The number of thioether (sulfide) groups is 1. The first-order valence-electron chi connectivity index (χ1n) is 5.94. The van der Waals surface area contributed by atoms with Crippen molar-refractivity contribution in [3.05, 3.63) is 17.5 Å². The van der Waals surface area contributed by atoms with E-state index in [2.05, 4.69) is 15.3 Å². The zero-order valence-electron chi connectivity index (χ0n) is 11.1. The molecule has 5 nitrogen and oxygen atoms in total. The number of aromatic nitrogens is 2.